The van der Waals surface area contributed by atoms with E-state index in [9.17, 15) is 19.5 Å². The zero-order valence-electron chi connectivity index (χ0n) is 19.2. The molecule has 0 aliphatic carbocycles. The van der Waals surface area contributed by atoms with Crippen LogP contribution in [0.15, 0.2) is 42.5 Å². The highest BCUT2D eigenvalue weighted by molar-refractivity contribution is 6.31. The molecule has 0 aromatic heterocycles. The molecule has 1 saturated heterocycles. The van der Waals surface area contributed by atoms with Crippen molar-refractivity contribution in [3.63, 3.8) is 0 Å². The van der Waals surface area contributed by atoms with Crippen molar-refractivity contribution in [2.45, 2.75) is 58.0 Å². The van der Waals surface area contributed by atoms with Crippen molar-refractivity contribution in [2.75, 3.05) is 6.61 Å². The summed E-state index contributed by atoms with van der Waals surface area (Å²) in [5, 5.41) is 10.1. The van der Waals surface area contributed by atoms with E-state index in [2.05, 4.69) is 0 Å². The number of benzene rings is 2. The number of aromatic hydroxyl groups is 1. The minimum atomic E-state index is -0.930. The second-order valence-corrected chi connectivity index (χ2v) is 8.52. The van der Waals surface area contributed by atoms with Gasteiger partial charge in [0.1, 0.15) is 24.6 Å². The van der Waals surface area contributed by atoms with E-state index >= 15 is 0 Å². The molecule has 8 nitrogen and oxygen atoms in total. The summed E-state index contributed by atoms with van der Waals surface area (Å²) in [4.78, 5) is 34.9. The number of hydrogen-bond acceptors (Lipinski definition) is 8. The zero-order valence-corrected chi connectivity index (χ0v) is 19.9. The lowest BCUT2D eigenvalue weighted by Crippen LogP contribution is -2.51. The number of ether oxygens (including phenoxy) is 4. The van der Waals surface area contributed by atoms with E-state index in [0.29, 0.717) is 11.4 Å². The topological polar surface area (TPSA) is 108 Å². The second kappa shape index (κ2) is 11.4. The van der Waals surface area contributed by atoms with Crippen molar-refractivity contribution in [1.82, 2.24) is 0 Å². The molecule has 34 heavy (non-hydrogen) atoms. The highest BCUT2D eigenvalue weighted by Crippen LogP contribution is 2.36. The summed E-state index contributed by atoms with van der Waals surface area (Å²) in [7, 11) is 0. The second-order valence-electron chi connectivity index (χ2n) is 8.12. The molecule has 2 aromatic rings. The highest BCUT2D eigenvalue weighted by Gasteiger charge is 2.44. The van der Waals surface area contributed by atoms with E-state index in [1.165, 1.54) is 20.8 Å². The quantitative estimate of drug-likeness (QED) is 0.460. The first-order valence-corrected chi connectivity index (χ1v) is 11.2. The third-order valence-corrected chi connectivity index (χ3v) is 5.73. The van der Waals surface area contributed by atoms with Crippen molar-refractivity contribution >= 4 is 29.5 Å². The minimum Gasteiger partial charge on any atom is -0.508 e. The maximum Gasteiger partial charge on any atom is 0.303 e. The molecule has 1 aliphatic heterocycles. The molecule has 1 heterocycles. The van der Waals surface area contributed by atoms with Crippen molar-refractivity contribution in [3.8, 4) is 5.75 Å². The molecule has 0 amide bonds. The Kier molecular flexibility index (Phi) is 8.52. The van der Waals surface area contributed by atoms with Gasteiger partial charge in [-0.05, 0) is 41.3 Å². The highest BCUT2D eigenvalue weighted by atomic mass is 35.5. The van der Waals surface area contributed by atoms with Gasteiger partial charge in [0.2, 0.25) is 0 Å². The molecular formula is C25H27ClO8. The Bertz CT molecular complexity index is 1040. The lowest BCUT2D eigenvalue weighted by atomic mass is 9.92. The average molecular weight is 491 g/mol. The summed E-state index contributed by atoms with van der Waals surface area (Å²) < 4.78 is 22.2. The van der Waals surface area contributed by atoms with Crippen LogP contribution in [0.1, 0.15) is 50.0 Å². The molecule has 4 atom stereocenters. The maximum absolute atomic E-state index is 11.8. The number of hydrogen-bond donors (Lipinski definition) is 1. The van der Waals surface area contributed by atoms with Gasteiger partial charge in [-0.2, -0.15) is 0 Å². The van der Waals surface area contributed by atoms with Crippen LogP contribution in [0.2, 0.25) is 5.02 Å². The van der Waals surface area contributed by atoms with Gasteiger partial charge in [-0.25, -0.2) is 0 Å². The van der Waals surface area contributed by atoms with Crippen LogP contribution in [-0.4, -0.2) is 47.9 Å². The van der Waals surface area contributed by atoms with Crippen LogP contribution in [0.5, 0.6) is 5.75 Å². The van der Waals surface area contributed by atoms with Crippen LogP contribution in [0.3, 0.4) is 0 Å². The molecule has 3 rings (SSSR count). The van der Waals surface area contributed by atoms with Crippen LogP contribution in [0, 0.1) is 0 Å². The van der Waals surface area contributed by atoms with Crippen molar-refractivity contribution in [3.05, 3.63) is 64.2 Å². The Labute approximate surface area is 202 Å². The van der Waals surface area contributed by atoms with E-state index in [1.807, 2.05) is 24.3 Å². The molecule has 1 aliphatic rings. The van der Waals surface area contributed by atoms with Crippen molar-refractivity contribution in [1.29, 1.82) is 0 Å². The Hall–Kier alpha value is -3.10. The monoisotopic (exact) mass is 490 g/mol. The van der Waals surface area contributed by atoms with E-state index in [0.717, 1.165) is 16.7 Å². The first kappa shape index (κ1) is 25.5. The van der Waals surface area contributed by atoms with Gasteiger partial charge in [0.05, 0.1) is 6.10 Å². The molecule has 0 bridgehead atoms. The van der Waals surface area contributed by atoms with Crippen LogP contribution >= 0.6 is 11.6 Å². The Morgan fingerprint density at radius 3 is 2.29 bits per heavy atom. The largest absolute Gasteiger partial charge is 0.508 e. The fourth-order valence-corrected chi connectivity index (χ4v) is 4.10. The number of halogens is 1. The number of phenolic OH excluding ortho intramolecular Hbond substituents is 1. The van der Waals surface area contributed by atoms with Gasteiger partial charge in [-0.3, -0.25) is 14.4 Å². The molecule has 0 unspecified atom stereocenters. The van der Waals surface area contributed by atoms with Gasteiger partial charge < -0.3 is 24.1 Å². The van der Waals surface area contributed by atoms with Crippen LogP contribution in [0.25, 0.3) is 0 Å². The van der Waals surface area contributed by atoms with Crippen molar-refractivity contribution < 1.29 is 38.4 Å². The minimum absolute atomic E-state index is 0.171. The molecule has 0 saturated carbocycles. The van der Waals surface area contributed by atoms with Gasteiger partial charge in [0, 0.05) is 32.2 Å². The smallest absolute Gasteiger partial charge is 0.303 e. The summed E-state index contributed by atoms with van der Waals surface area (Å²) >= 11 is 6.43. The molecule has 2 aromatic carbocycles. The number of rotatable bonds is 7. The molecule has 1 fully saturated rings. The van der Waals surface area contributed by atoms with E-state index < -0.39 is 42.3 Å². The zero-order chi connectivity index (χ0) is 24.8. The van der Waals surface area contributed by atoms with Crippen LogP contribution < -0.4 is 0 Å². The van der Waals surface area contributed by atoms with Gasteiger partial charge in [-0.15, -0.1) is 0 Å². The van der Waals surface area contributed by atoms with E-state index in [4.69, 9.17) is 30.5 Å². The van der Waals surface area contributed by atoms with Gasteiger partial charge in [-0.1, -0.05) is 35.9 Å². The molecule has 9 heteroatoms. The van der Waals surface area contributed by atoms with E-state index in [-0.39, 0.29) is 18.8 Å². The lowest BCUT2D eigenvalue weighted by Gasteiger charge is -2.40. The third-order valence-electron chi connectivity index (χ3n) is 5.36. The predicted molar refractivity (Wildman–Crippen MR) is 122 cm³/mol. The SMILES string of the molecule is CC(=O)OC[C@H]1O[C@@H](c2ccc(Cl)c(Cc3ccc(O)cc3)c2)C[C@@H](OC(C)=O)[C@@H]1OC(C)=O. The first-order chi connectivity index (χ1) is 16.1. The Morgan fingerprint density at radius 2 is 1.68 bits per heavy atom. The average Bonchev–Trinajstić information content (AvgIpc) is 2.76. The molecule has 0 radical (unpaired) electrons. The van der Waals surface area contributed by atoms with Crippen LogP contribution in [-0.2, 0) is 39.8 Å². The number of esters is 3. The normalized spacial score (nSPS) is 22.0. The van der Waals surface area contributed by atoms with Gasteiger partial charge in [0.15, 0.2) is 6.10 Å². The molecule has 182 valence electrons. The number of carbonyl (C=O) groups excluding carboxylic acids is 3. The maximum atomic E-state index is 11.8. The fraction of sp³-hybridized carbons (Fsp3) is 0.400. The molecule has 1 N–H and O–H groups in total. The van der Waals surface area contributed by atoms with Crippen molar-refractivity contribution in [2.24, 2.45) is 0 Å². The molecule has 0 spiro atoms. The summed E-state index contributed by atoms with van der Waals surface area (Å²) in [5.74, 6) is -1.44. The van der Waals surface area contributed by atoms with Gasteiger partial charge in [0.25, 0.3) is 0 Å². The lowest BCUT2D eigenvalue weighted by molar-refractivity contribution is -0.216. The summed E-state index contributed by atoms with van der Waals surface area (Å²) in [5.41, 5.74) is 2.59. The van der Waals surface area contributed by atoms with Crippen LogP contribution in [0.4, 0.5) is 0 Å². The summed E-state index contributed by atoms with van der Waals surface area (Å²) in [6.07, 6.45) is -2.34. The number of phenols is 1. The fourth-order valence-electron chi connectivity index (χ4n) is 3.91. The standard InChI is InChI=1S/C25H27ClO8/c1-14(27)31-13-24-25(33-16(3)29)23(32-15(2)28)12-22(34-24)18-6-9-21(26)19(11-18)10-17-4-7-20(30)8-5-17/h4-9,11,22-25,30H,10,12-13H2,1-3H3/t22-,23-,24-,25+/m1/s1. The summed E-state index contributed by atoms with van der Waals surface area (Å²) in [6.45, 7) is 3.61. The van der Waals surface area contributed by atoms with Gasteiger partial charge >= 0.3 is 17.9 Å². The predicted octanol–water partition coefficient (Wildman–Crippen LogP) is 3.89. The third kappa shape index (κ3) is 6.95. The first-order valence-electron chi connectivity index (χ1n) is 10.8. The van der Waals surface area contributed by atoms with E-state index in [1.54, 1.807) is 18.2 Å². The Balaban J connectivity index is 1.89. The Morgan fingerprint density at radius 1 is 1.00 bits per heavy atom. The summed E-state index contributed by atoms with van der Waals surface area (Å²) in [6, 6.07) is 12.3. The molecular weight excluding hydrogens is 464 g/mol. The number of carbonyl (C=O) groups is 3.